The van der Waals surface area contributed by atoms with Gasteiger partial charge in [0, 0.05) is 11.6 Å². The lowest BCUT2D eigenvalue weighted by molar-refractivity contribution is 0.0902. The van der Waals surface area contributed by atoms with E-state index in [0.29, 0.717) is 5.76 Å². The summed E-state index contributed by atoms with van der Waals surface area (Å²) in [6.45, 7) is 8.48. The lowest BCUT2D eigenvalue weighted by Crippen LogP contribution is -2.42. The molecule has 0 bridgehead atoms. The highest BCUT2D eigenvalue weighted by Gasteiger charge is 2.19. The molecule has 2 N–H and O–H groups in total. The zero-order chi connectivity index (χ0) is 17.2. The van der Waals surface area contributed by atoms with Gasteiger partial charge in [0.2, 0.25) is 0 Å². The van der Waals surface area contributed by atoms with Gasteiger partial charge in [0.05, 0.1) is 0 Å². The van der Waals surface area contributed by atoms with E-state index in [2.05, 4.69) is 43.5 Å². The van der Waals surface area contributed by atoms with Crippen molar-refractivity contribution < 1.29 is 9.21 Å². The fourth-order valence-corrected chi connectivity index (χ4v) is 2.97. The summed E-state index contributed by atoms with van der Waals surface area (Å²) < 4.78 is 5.77. The molecule has 1 saturated heterocycles. The van der Waals surface area contributed by atoms with E-state index in [-0.39, 0.29) is 17.4 Å². The van der Waals surface area contributed by atoms with Crippen LogP contribution >= 0.6 is 0 Å². The number of benzene rings is 1. The highest BCUT2D eigenvalue weighted by Crippen LogP contribution is 2.27. The van der Waals surface area contributed by atoms with Crippen LogP contribution in [0.3, 0.4) is 0 Å². The highest BCUT2D eigenvalue weighted by molar-refractivity contribution is 5.92. The number of furan rings is 1. The van der Waals surface area contributed by atoms with Crippen molar-refractivity contribution in [3.8, 4) is 11.3 Å². The van der Waals surface area contributed by atoms with Crippen molar-refractivity contribution in [3.05, 3.63) is 47.7 Å². The van der Waals surface area contributed by atoms with Crippen LogP contribution in [0.4, 0.5) is 0 Å². The van der Waals surface area contributed by atoms with Gasteiger partial charge in [-0.1, -0.05) is 45.0 Å². The second-order valence-corrected chi connectivity index (χ2v) is 7.49. The first-order chi connectivity index (χ1) is 11.4. The first-order valence-electron chi connectivity index (χ1n) is 8.66. The smallest absolute Gasteiger partial charge is 0.287 e. The molecule has 0 radical (unpaired) electrons. The van der Waals surface area contributed by atoms with Crippen molar-refractivity contribution in [1.82, 2.24) is 10.6 Å². The minimum absolute atomic E-state index is 0.125. The first-order valence-corrected chi connectivity index (χ1v) is 8.66. The molecule has 0 saturated carbocycles. The third-order valence-electron chi connectivity index (χ3n) is 4.54. The number of carbonyl (C=O) groups is 1. The van der Waals surface area contributed by atoms with Crippen LogP contribution in [0.5, 0.6) is 0 Å². The molecule has 2 heterocycles. The maximum absolute atomic E-state index is 12.3. The first kappa shape index (κ1) is 16.8. The number of hydrogen-bond donors (Lipinski definition) is 2. The lowest BCUT2D eigenvalue weighted by atomic mass is 9.86. The van der Waals surface area contributed by atoms with Gasteiger partial charge in [-0.05, 0) is 49.0 Å². The molecular formula is C20H26N2O2. The molecule has 1 aliphatic heterocycles. The van der Waals surface area contributed by atoms with Crippen molar-refractivity contribution in [1.29, 1.82) is 0 Å². The summed E-state index contributed by atoms with van der Waals surface area (Å²) in [5.41, 5.74) is 2.40. The Morgan fingerprint density at radius 1 is 1.08 bits per heavy atom. The summed E-state index contributed by atoms with van der Waals surface area (Å²) in [5.74, 6) is 0.980. The number of nitrogens with one attached hydrogen (secondary N) is 2. The summed E-state index contributed by atoms with van der Waals surface area (Å²) in [6, 6.07) is 12.2. The Kier molecular flexibility index (Phi) is 4.76. The topological polar surface area (TPSA) is 54.3 Å². The molecule has 4 nitrogen and oxygen atoms in total. The average Bonchev–Trinajstić information content (AvgIpc) is 3.05. The van der Waals surface area contributed by atoms with Crippen LogP contribution in [0.1, 0.15) is 49.7 Å². The fourth-order valence-electron chi connectivity index (χ4n) is 2.97. The maximum Gasteiger partial charge on any atom is 0.287 e. The van der Waals surface area contributed by atoms with Crippen LogP contribution in [0, 0.1) is 0 Å². The van der Waals surface area contributed by atoms with Gasteiger partial charge in [-0.15, -0.1) is 0 Å². The molecule has 1 aromatic heterocycles. The molecule has 4 heteroatoms. The normalized spacial score (nSPS) is 16.1. The van der Waals surface area contributed by atoms with E-state index in [1.807, 2.05) is 18.2 Å². The Labute approximate surface area is 143 Å². The van der Waals surface area contributed by atoms with E-state index < -0.39 is 0 Å². The van der Waals surface area contributed by atoms with Gasteiger partial charge in [0.15, 0.2) is 5.76 Å². The molecule has 1 fully saturated rings. The quantitative estimate of drug-likeness (QED) is 0.904. The number of rotatable bonds is 3. The van der Waals surface area contributed by atoms with Crippen molar-refractivity contribution >= 4 is 5.91 Å². The Bertz CT molecular complexity index is 689. The molecule has 0 spiro atoms. The van der Waals surface area contributed by atoms with Crippen LogP contribution in [0.2, 0.25) is 0 Å². The zero-order valence-electron chi connectivity index (χ0n) is 14.7. The maximum atomic E-state index is 12.3. The SMILES string of the molecule is CC(C)(C)c1ccc(-c2ccc(C(=O)NC3CCNCC3)o2)cc1. The van der Waals surface area contributed by atoms with Gasteiger partial charge in [0.1, 0.15) is 5.76 Å². The summed E-state index contributed by atoms with van der Waals surface area (Å²) in [5, 5.41) is 6.35. The van der Waals surface area contributed by atoms with E-state index in [9.17, 15) is 4.79 Å². The standard InChI is InChI=1S/C20H26N2O2/c1-20(2,3)15-6-4-14(5-7-15)17-8-9-18(24-17)19(23)22-16-10-12-21-13-11-16/h4-9,16,21H,10-13H2,1-3H3,(H,22,23). The molecule has 1 aromatic carbocycles. The van der Waals surface area contributed by atoms with Gasteiger partial charge in [-0.25, -0.2) is 0 Å². The second-order valence-electron chi connectivity index (χ2n) is 7.49. The van der Waals surface area contributed by atoms with Gasteiger partial charge >= 0.3 is 0 Å². The molecule has 3 rings (SSSR count). The molecule has 2 aromatic rings. The predicted molar refractivity (Wildman–Crippen MR) is 96.2 cm³/mol. The van der Waals surface area contributed by atoms with E-state index in [1.165, 1.54) is 5.56 Å². The Balaban J connectivity index is 1.69. The van der Waals surface area contributed by atoms with Crippen LogP contribution in [0.15, 0.2) is 40.8 Å². The fraction of sp³-hybridized carbons (Fsp3) is 0.450. The van der Waals surface area contributed by atoms with Gasteiger partial charge in [-0.2, -0.15) is 0 Å². The third-order valence-corrected chi connectivity index (χ3v) is 4.54. The highest BCUT2D eigenvalue weighted by atomic mass is 16.3. The number of piperidine rings is 1. The predicted octanol–water partition coefficient (Wildman–Crippen LogP) is 3.73. The van der Waals surface area contributed by atoms with E-state index in [1.54, 1.807) is 6.07 Å². The summed E-state index contributed by atoms with van der Waals surface area (Å²) in [4.78, 5) is 12.3. The average molecular weight is 326 g/mol. The van der Waals surface area contributed by atoms with Crippen molar-refractivity contribution in [2.45, 2.75) is 45.1 Å². The molecule has 24 heavy (non-hydrogen) atoms. The van der Waals surface area contributed by atoms with Gasteiger partial charge in [-0.3, -0.25) is 4.79 Å². The Hall–Kier alpha value is -2.07. The molecule has 1 amide bonds. The van der Waals surface area contributed by atoms with E-state index in [4.69, 9.17) is 4.42 Å². The number of carbonyl (C=O) groups excluding carboxylic acids is 1. The van der Waals surface area contributed by atoms with Gasteiger partial charge < -0.3 is 15.1 Å². The summed E-state index contributed by atoms with van der Waals surface area (Å²) >= 11 is 0. The molecule has 0 aliphatic carbocycles. The second kappa shape index (κ2) is 6.81. The monoisotopic (exact) mass is 326 g/mol. The number of amides is 1. The van der Waals surface area contributed by atoms with Crippen LogP contribution in [0.25, 0.3) is 11.3 Å². The van der Waals surface area contributed by atoms with Crippen LogP contribution in [-0.2, 0) is 5.41 Å². The van der Waals surface area contributed by atoms with Crippen molar-refractivity contribution in [3.63, 3.8) is 0 Å². The molecule has 0 atom stereocenters. The van der Waals surface area contributed by atoms with E-state index in [0.717, 1.165) is 37.3 Å². The van der Waals surface area contributed by atoms with Crippen molar-refractivity contribution in [2.24, 2.45) is 0 Å². The molecule has 1 aliphatic rings. The van der Waals surface area contributed by atoms with Crippen molar-refractivity contribution in [2.75, 3.05) is 13.1 Å². The van der Waals surface area contributed by atoms with Gasteiger partial charge in [0.25, 0.3) is 5.91 Å². The molecule has 0 unspecified atom stereocenters. The Morgan fingerprint density at radius 3 is 2.38 bits per heavy atom. The summed E-state index contributed by atoms with van der Waals surface area (Å²) in [7, 11) is 0. The zero-order valence-corrected chi connectivity index (χ0v) is 14.7. The van der Waals surface area contributed by atoms with Crippen LogP contribution in [-0.4, -0.2) is 25.0 Å². The lowest BCUT2D eigenvalue weighted by Gasteiger charge is -2.23. The largest absolute Gasteiger partial charge is 0.451 e. The minimum atomic E-state index is -0.125. The molecular weight excluding hydrogens is 300 g/mol. The Morgan fingerprint density at radius 2 is 1.75 bits per heavy atom. The van der Waals surface area contributed by atoms with E-state index >= 15 is 0 Å². The third kappa shape index (κ3) is 3.88. The number of hydrogen-bond acceptors (Lipinski definition) is 3. The van der Waals surface area contributed by atoms with Crippen LogP contribution < -0.4 is 10.6 Å². The minimum Gasteiger partial charge on any atom is -0.451 e. The summed E-state index contributed by atoms with van der Waals surface area (Å²) in [6.07, 6.45) is 1.93. The molecule has 128 valence electrons.